The number of carbonyl (C=O) groups is 2. The lowest BCUT2D eigenvalue weighted by Crippen LogP contribution is -2.64. The Balaban J connectivity index is 1.54. The van der Waals surface area contributed by atoms with E-state index in [1.54, 1.807) is 17.2 Å². The molecular formula is C26H28ClN3O3. The van der Waals surface area contributed by atoms with Crippen molar-refractivity contribution in [2.24, 2.45) is 0 Å². The number of hydrogen-bond donors (Lipinski definition) is 1. The standard InChI is InChI=1S/C26H28ClN3O3/c1-26(25(32)28-19-9-3-2-4-10-19)17-29-21(23-12-7-15-33-23)13-14-22(29)24(31)30(26)16-18-8-5-6-11-20(18)27/h5-8,11-15,19H,2-4,9-10,16-17H2,1H3,(H,28,32)/t26-/m1/s1. The second kappa shape index (κ2) is 8.75. The maximum Gasteiger partial charge on any atom is 0.271 e. The third kappa shape index (κ3) is 3.97. The van der Waals surface area contributed by atoms with Crippen molar-refractivity contribution in [1.29, 1.82) is 0 Å². The van der Waals surface area contributed by atoms with Crippen molar-refractivity contribution in [3.05, 3.63) is 71.1 Å². The molecule has 1 N–H and O–H groups in total. The summed E-state index contributed by atoms with van der Waals surface area (Å²) in [5.41, 5.74) is 1.06. The number of rotatable bonds is 5. The van der Waals surface area contributed by atoms with Gasteiger partial charge in [-0.05, 0) is 55.7 Å². The fraction of sp³-hybridized carbons (Fsp3) is 0.385. The minimum atomic E-state index is -1.08. The van der Waals surface area contributed by atoms with Gasteiger partial charge in [0.05, 0.1) is 18.5 Å². The summed E-state index contributed by atoms with van der Waals surface area (Å²) in [5, 5.41) is 3.84. The summed E-state index contributed by atoms with van der Waals surface area (Å²) in [4.78, 5) is 29.2. The highest BCUT2D eigenvalue weighted by Crippen LogP contribution is 2.35. The van der Waals surface area contributed by atoms with Gasteiger partial charge in [0.15, 0.2) is 0 Å². The predicted octanol–water partition coefficient (Wildman–Crippen LogP) is 5.27. The fourth-order valence-electron chi connectivity index (χ4n) is 5.05. The van der Waals surface area contributed by atoms with Crippen LogP contribution >= 0.6 is 11.6 Å². The van der Waals surface area contributed by atoms with Gasteiger partial charge in [-0.15, -0.1) is 0 Å². The van der Waals surface area contributed by atoms with E-state index in [2.05, 4.69) is 5.32 Å². The van der Waals surface area contributed by atoms with Crippen LogP contribution in [0, 0.1) is 0 Å². The summed E-state index contributed by atoms with van der Waals surface area (Å²) in [7, 11) is 0. The molecule has 172 valence electrons. The SMILES string of the molecule is C[C@]1(C(=O)NC2CCCCC2)Cn2c(ccc2-c2ccco2)C(=O)N1Cc1ccccc1Cl. The van der Waals surface area contributed by atoms with Gasteiger partial charge < -0.3 is 19.2 Å². The van der Waals surface area contributed by atoms with Crippen molar-refractivity contribution in [3.63, 3.8) is 0 Å². The molecule has 0 spiro atoms. The third-order valence-corrected chi connectivity index (χ3v) is 7.36. The van der Waals surface area contributed by atoms with Crippen LogP contribution in [0.2, 0.25) is 5.02 Å². The maximum atomic E-state index is 13.8. The third-order valence-electron chi connectivity index (χ3n) is 7.00. The molecule has 0 radical (unpaired) electrons. The normalized spacial score (nSPS) is 21.2. The molecule has 5 rings (SSSR count). The topological polar surface area (TPSA) is 67.5 Å². The Kier molecular flexibility index (Phi) is 5.79. The first-order chi connectivity index (χ1) is 16.0. The van der Waals surface area contributed by atoms with Crippen LogP contribution in [0.1, 0.15) is 55.1 Å². The zero-order chi connectivity index (χ0) is 23.0. The Labute approximate surface area is 198 Å². The van der Waals surface area contributed by atoms with Crippen molar-refractivity contribution in [1.82, 2.24) is 14.8 Å². The van der Waals surface area contributed by atoms with Gasteiger partial charge in [0.1, 0.15) is 17.0 Å². The lowest BCUT2D eigenvalue weighted by atomic mass is 9.91. The number of furan rings is 1. The highest BCUT2D eigenvalue weighted by atomic mass is 35.5. The Hall–Kier alpha value is -2.99. The summed E-state index contributed by atoms with van der Waals surface area (Å²) in [6.07, 6.45) is 7.01. The smallest absolute Gasteiger partial charge is 0.271 e. The van der Waals surface area contributed by atoms with E-state index in [-0.39, 0.29) is 24.4 Å². The predicted molar refractivity (Wildman–Crippen MR) is 127 cm³/mol. The first-order valence-electron chi connectivity index (χ1n) is 11.6. The van der Waals surface area contributed by atoms with Crippen molar-refractivity contribution in [2.45, 2.75) is 63.7 Å². The maximum absolute atomic E-state index is 13.8. The van der Waals surface area contributed by atoms with Gasteiger partial charge in [-0.25, -0.2) is 0 Å². The average Bonchev–Trinajstić information content (AvgIpc) is 3.48. The van der Waals surface area contributed by atoms with Crippen LogP contribution in [0.25, 0.3) is 11.5 Å². The van der Waals surface area contributed by atoms with Gasteiger partial charge in [0.25, 0.3) is 5.91 Å². The van der Waals surface area contributed by atoms with Gasteiger partial charge in [-0.3, -0.25) is 9.59 Å². The molecule has 6 nitrogen and oxygen atoms in total. The number of fused-ring (bicyclic) bond motifs is 1. The van der Waals surface area contributed by atoms with E-state index >= 15 is 0 Å². The number of nitrogens with one attached hydrogen (secondary N) is 1. The summed E-state index contributed by atoms with van der Waals surface area (Å²) in [6, 6.07) is 15.0. The Morgan fingerprint density at radius 3 is 2.58 bits per heavy atom. The van der Waals surface area contributed by atoms with Gasteiger partial charge >= 0.3 is 0 Å². The molecule has 1 atom stereocenters. The minimum Gasteiger partial charge on any atom is -0.463 e. The highest BCUT2D eigenvalue weighted by Gasteiger charge is 2.48. The summed E-state index contributed by atoms with van der Waals surface area (Å²) in [5.74, 6) is 0.350. The molecule has 2 amide bonds. The first kappa shape index (κ1) is 21.8. The second-order valence-corrected chi connectivity index (χ2v) is 9.64. The van der Waals surface area contributed by atoms with Gasteiger partial charge in [-0.1, -0.05) is 49.1 Å². The molecule has 3 aromatic rings. The summed E-state index contributed by atoms with van der Waals surface area (Å²) < 4.78 is 7.51. The fourth-order valence-corrected chi connectivity index (χ4v) is 5.24. The molecule has 1 aromatic carbocycles. The van der Waals surface area contributed by atoms with Crippen molar-refractivity contribution >= 4 is 23.4 Å². The minimum absolute atomic E-state index is 0.125. The molecule has 3 heterocycles. The number of carbonyl (C=O) groups excluding carboxylic acids is 2. The van der Waals surface area contributed by atoms with Crippen molar-refractivity contribution < 1.29 is 14.0 Å². The van der Waals surface area contributed by atoms with Crippen molar-refractivity contribution in [3.8, 4) is 11.5 Å². The van der Waals surface area contributed by atoms with E-state index in [9.17, 15) is 9.59 Å². The van der Waals surface area contributed by atoms with Crippen LogP contribution < -0.4 is 5.32 Å². The molecule has 2 aromatic heterocycles. The molecule has 1 aliphatic heterocycles. The number of hydrogen-bond acceptors (Lipinski definition) is 3. The molecule has 1 aliphatic carbocycles. The molecule has 1 fully saturated rings. The van der Waals surface area contributed by atoms with E-state index < -0.39 is 5.54 Å². The van der Waals surface area contributed by atoms with E-state index in [0.717, 1.165) is 36.9 Å². The Bertz CT molecular complexity index is 1160. The highest BCUT2D eigenvalue weighted by molar-refractivity contribution is 6.31. The number of aromatic nitrogens is 1. The van der Waals surface area contributed by atoms with Crippen LogP contribution in [0.4, 0.5) is 0 Å². The molecule has 2 aliphatic rings. The second-order valence-electron chi connectivity index (χ2n) is 9.23. The molecule has 33 heavy (non-hydrogen) atoms. The molecule has 0 bridgehead atoms. The molecule has 1 saturated carbocycles. The molecule has 7 heteroatoms. The van der Waals surface area contributed by atoms with Crippen LogP contribution in [0.3, 0.4) is 0 Å². The monoisotopic (exact) mass is 465 g/mol. The van der Waals surface area contributed by atoms with E-state index in [1.165, 1.54) is 6.42 Å². The zero-order valence-corrected chi connectivity index (χ0v) is 19.5. The van der Waals surface area contributed by atoms with Gasteiger partial charge in [-0.2, -0.15) is 0 Å². The summed E-state index contributed by atoms with van der Waals surface area (Å²) in [6.45, 7) is 2.45. The van der Waals surface area contributed by atoms with Crippen molar-refractivity contribution in [2.75, 3.05) is 0 Å². The average molecular weight is 466 g/mol. The number of amides is 2. The number of nitrogens with zero attached hydrogens (tertiary/aromatic N) is 2. The Morgan fingerprint density at radius 2 is 1.85 bits per heavy atom. The number of benzene rings is 1. The lowest BCUT2D eigenvalue weighted by molar-refractivity contribution is -0.134. The largest absolute Gasteiger partial charge is 0.463 e. The van der Waals surface area contributed by atoms with Crippen LogP contribution in [-0.2, 0) is 17.9 Å². The molecule has 0 unspecified atom stereocenters. The number of halogens is 1. The van der Waals surface area contributed by atoms with Gasteiger partial charge in [0.2, 0.25) is 5.91 Å². The van der Waals surface area contributed by atoms with E-state index in [1.807, 2.05) is 54.0 Å². The molecule has 0 saturated heterocycles. The quantitative estimate of drug-likeness (QED) is 0.558. The van der Waals surface area contributed by atoms with Gasteiger partial charge in [0, 0.05) is 17.6 Å². The van der Waals surface area contributed by atoms with Crippen LogP contribution in [0.5, 0.6) is 0 Å². The van der Waals surface area contributed by atoms with E-state index in [4.69, 9.17) is 16.0 Å². The van der Waals surface area contributed by atoms with E-state index in [0.29, 0.717) is 23.0 Å². The summed E-state index contributed by atoms with van der Waals surface area (Å²) >= 11 is 6.44. The zero-order valence-electron chi connectivity index (χ0n) is 18.7. The Morgan fingerprint density at radius 1 is 1.09 bits per heavy atom. The first-order valence-corrected chi connectivity index (χ1v) is 11.9. The van der Waals surface area contributed by atoms with Crippen LogP contribution in [-0.4, -0.2) is 32.9 Å². The lowest BCUT2D eigenvalue weighted by Gasteiger charge is -2.45. The van der Waals surface area contributed by atoms with Crippen LogP contribution in [0.15, 0.2) is 59.2 Å². The molecular weight excluding hydrogens is 438 g/mol.